The average molecular weight is 274 g/mol. The quantitative estimate of drug-likeness (QED) is 0.673. The summed E-state index contributed by atoms with van der Waals surface area (Å²) >= 11 is 0. The number of hydrogen-bond acceptors (Lipinski definition) is 4. The van der Waals surface area contributed by atoms with Crippen LogP contribution >= 0.6 is 0 Å². The summed E-state index contributed by atoms with van der Waals surface area (Å²) in [7, 11) is 0. The van der Waals surface area contributed by atoms with Crippen LogP contribution in [0, 0.1) is 5.92 Å². The second kappa shape index (κ2) is 7.96. The first kappa shape index (κ1) is 15.7. The van der Waals surface area contributed by atoms with Crippen molar-refractivity contribution in [3.63, 3.8) is 0 Å². The van der Waals surface area contributed by atoms with Crippen LogP contribution < -0.4 is 5.32 Å². The Bertz CT molecular complexity index is 308. The number of aliphatic carboxylic acids is 1. The van der Waals surface area contributed by atoms with Gasteiger partial charge in [-0.2, -0.15) is 0 Å². The van der Waals surface area contributed by atoms with Gasteiger partial charge in [0.15, 0.2) is 6.04 Å². The zero-order valence-electron chi connectivity index (χ0n) is 11.4. The van der Waals surface area contributed by atoms with Crippen molar-refractivity contribution in [2.45, 2.75) is 19.9 Å². The van der Waals surface area contributed by atoms with E-state index in [2.05, 4.69) is 5.32 Å². The molecular weight excluding hydrogens is 252 g/mol. The molecule has 1 heterocycles. The molecular formula is C12H22N2O5. The molecule has 0 bridgehead atoms. The Balaban J connectivity index is 2.29. The molecule has 0 aromatic heterocycles. The third kappa shape index (κ3) is 5.44. The molecule has 110 valence electrons. The molecule has 1 unspecified atom stereocenters. The van der Waals surface area contributed by atoms with Crippen molar-refractivity contribution in [1.29, 1.82) is 0 Å². The Morgan fingerprint density at radius 3 is 2.89 bits per heavy atom. The number of carbonyl (C=O) groups excluding carboxylic acids is 1. The predicted octanol–water partition coefficient (Wildman–Crippen LogP) is 0.154. The smallest absolute Gasteiger partial charge is 0.328 e. The minimum atomic E-state index is -1.05. The number of hydrogen-bond donors (Lipinski definition) is 2. The number of carboxylic acids is 1. The highest BCUT2D eigenvalue weighted by Crippen LogP contribution is 2.07. The van der Waals surface area contributed by atoms with Crippen molar-refractivity contribution < 1.29 is 24.2 Å². The van der Waals surface area contributed by atoms with Crippen LogP contribution in [0.3, 0.4) is 0 Å². The fourth-order valence-corrected chi connectivity index (χ4v) is 1.70. The molecule has 2 amide bonds. The maximum Gasteiger partial charge on any atom is 0.328 e. The number of carboxylic acid groups (broad SMARTS) is 1. The maximum atomic E-state index is 11.9. The van der Waals surface area contributed by atoms with E-state index in [4.69, 9.17) is 14.6 Å². The summed E-state index contributed by atoms with van der Waals surface area (Å²) in [5.74, 6) is -0.600. The number of nitrogens with zero attached hydrogens (tertiary/aromatic N) is 1. The van der Waals surface area contributed by atoms with E-state index in [1.54, 1.807) is 0 Å². The van der Waals surface area contributed by atoms with Crippen LogP contribution in [0.25, 0.3) is 0 Å². The van der Waals surface area contributed by atoms with Crippen molar-refractivity contribution in [3.05, 3.63) is 0 Å². The van der Waals surface area contributed by atoms with Gasteiger partial charge in [0, 0.05) is 19.7 Å². The monoisotopic (exact) mass is 274 g/mol. The Labute approximate surface area is 112 Å². The fraction of sp³-hybridized carbons (Fsp3) is 0.833. The highest BCUT2D eigenvalue weighted by molar-refractivity contribution is 5.82. The number of carbonyl (C=O) groups is 2. The molecule has 0 radical (unpaired) electrons. The summed E-state index contributed by atoms with van der Waals surface area (Å²) in [5.41, 5.74) is 0. The molecule has 2 N–H and O–H groups in total. The molecule has 7 heteroatoms. The third-order valence-corrected chi connectivity index (χ3v) is 2.65. The van der Waals surface area contributed by atoms with Gasteiger partial charge in [-0.05, 0) is 5.92 Å². The topological polar surface area (TPSA) is 88.1 Å². The summed E-state index contributed by atoms with van der Waals surface area (Å²) in [6, 6.07) is -1.30. The van der Waals surface area contributed by atoms with Gasteiger partial charge in [0.25, 0.3) is 0 Å². The Morgan fingerprint density at radius 2 is 2.26 bits per heavy atom. The molecule has 0 aromatic carbocycles. The molecule has 1 aliphatic heterocycles. The van der Waals surface area contributed by atoms with Crippen molar-refractivity contribution in [3.8, 4) is 0 Å². The van der Waals surface area contributed by atoms with Crippen molar-refractivity contribution in [2.75, 3.05) is 39.5 Å². The van der Waals surface area contributed by atoms with Gasteiger partial charge >= 0.3 is 12.0 Å². The molecule has 0 aliphatic carbocycles. The van der Waals surface area contributed by atoms with Crippen LogP contribution in [0.4, 0.5) is 4.79 Å². The van der Waals surface area contributed by atoms with E-state index in [0.29, 0.717) is 32.3 Å². The number of morpholine rings is 1. The number of nitrogens with one attached hydrogen (secondary N) is 1. The number of amides is 2. The van der Waals surface area contributed by atoms with E-state index in [1.165, 1.54) is 4.90 Å². The maximum absolute atomic E-state index is 11.9. The molecule has 1 saturated heterocycles. The van der Waals surface area contributed by atoms with E-state index < -0.39 is 12.0 Å². The third-order valence-electron chi connectivity index (χ3n) is 2.65. The van der Waals surface area contributed by atoms with Crippen molar-refractivity contribution >= 4 is 12.0 Å². The van der Waals surface area contributed by atoms with Crippen LogP contribution in [0.5, 0.6) is 0 Å². The van der Waals surface area contributed by atoms with Gasteiger partial charge in [0.1, 0.15) is 0 Å². The summed E-state index contributed by atoms with van der Waals surface area (Å²) < 4.78 is 10.4. The first-order valence-corrected chi connectivity index (χ1v) is 6.45. The summed E-state index contributed by atoms with van der Waals surface area (Å²) in [5, 5.41) is 11.7. The number of rotatable bonds is 6. The summed E-state index contributed by atoms with van der Waals surface area (Å²) in [6.45, 7) is 6.21. The Kier molecular flexibility index (Phi) is 6.58. The van der Waals surface area contributed by atoms with E-state index in [9.17, 15) is 9.59 Å². The van der Waals surface area contributed by atoms with Gasteiger partial charge in [-0.1, -0.05) is 13.8 Å². The molecule has 0 spiro atoms. The average Bonchev–Trinajstić information content (AvgIpc) is 2.37. The SMILES string of the molecule is CC(C)COCCNC(=O)N1CCOCC1C(=O)O. The van der Waals surface area contributed by atoms with Crippen LogP contribution in [0.15, 0.2) is 0 Å². The summed E-state index contributed by atoms with van der Waals surface area (Å²) in [6.07, 6.45) is 0. The van der Waals surface area contributed by atoms with Gasteiger partial charge in [0.05, 0.1) is 19.8 Å². The Hall–Kier alpha value is -1.34. The van der Waals surface area contributed by atoms with Crippen LogP contribution in [-0.2, 0) is 14.3 Å². The molecule has 1 rings (SSSR count). The van der Waals surface area contributed by atoms with Crippen LogP contribution in [0.1, 0.15) is 13.8 Å². The molecule has 1 aliphatic rings. The van der Waals surface area contributed by atoms with Crippen molar-refractivity contribution in [1.82, 2.24) is 10.2 Å². The zero-order valence-corrected chi connectivity index (χ0v) is 11.4. The minimum absolute atomic E-state index is 0.0343. The first-order chi connectivity index (χ1) is 9.02. The first-order valence-electron chi connectivity index (χ1n) is 6.45. The number of urea groups is 1. The molecule has 0 saturated carbocycles. The minimum Gasteiger partial charge on any atom is -0.480 e. The van der Waals surface area contributed by atoms with Gasteiger partial charge in [-0.3, -0.25) is 0 Å². The van der Waals surface area contributed by atoms with E-state index in [0.717, 1.165) is 0 Å². The largest absolute Gasteiger partial charge is 0.480 e. The van der Waals surface area contributed by atoms with Gasteiger partial charge in [-0.25, -0.2) is 9.59 Å². The highest BCUT2D eigenvalue weighted by Gasteiger charge is 2.32. The van der Waals surface area contributed by atoms with E-state index in [-0.39, 0.29) is 19.2 Å². The molecule has 1 fully saturated rings. The van der Waals surface area contributed by atoms with E-state index >= 15 is 0 Å². The van der Waals surface area contributed by atoms with Crippen molar-refractivity contribution in [2.24, 2.45) is 5.92 Å². The lowest BCUT2D eigenvalue weighted by atomic mass is 10.2. The van der Waals surface area contributed by atoms with Gasteiger partial charge < -0.3 is 24.8 Å². The Morgan fingerprint density at radius 1 is 1.53 bits per heavy atom. The normalized spacial score (nSPS) is 19.5. The lowest BCUT2D eigenvalue weighted by molar-refractivity contribution is -0.147. The molecule has 1 atom stereocenters. The van der Waals surface area contributed by atoms with Gasteiger partial charge in [0.2, 0.25) is 0 Å². The molecule has 19 heavy (non-hydrogen) atoms. The second-order valence-electron chi connectivity index (χ2n) is 4.82. The van der Waals surface area contributed by atoms with Crippen LogP contribution in [0.2, 0.25) is 0 Å². The fourth-order valence-electron chi connectivity index (χ4n) is 1.70. The zero-order chi connectivity index (χ0) is 14.3. The molecule has 0 aromatic rings. The standard InChI is InChI=1S/C12H22N2O5/c1-9(2)7-18-5-3-13-12(17)14-4-6-19-8-10(14)11(15)16/h9-10H,3-8H2,1-2H3,(H,13,17)(H,15,16). The second-order valence-corrected chi connectivity index (χ2v) is 4.82. The van der Waals surface area contributed by atoms with Gasteiger partial charge in [-0.15, -0.1) is 0 Å². The van der Waals surface area contributed by atoms with Crippen LogP contribution in [-0.4, -0.2) is 67.6 Å². The lowest BCUT2D eigenvalue weighted by Crippen LogP contribution is -2.55. The van der Waals surface area contributed by atoms with E-state index in [1.807, 2.05) is 13.8 Å². The summed E-state index contributed by atoms with van der Waals surface area (Å²) in [4.78, 5) is 24.1. The lowest BCUT2D eigenvalue weighted by Gasteiger charge is -2.32. The number of ether oxygens (including phenoxy) is 2. The predicted molar refractivity (Wildman–Crippen MR) is 68.0 cm³/mol. The highest BCUT2D eigenvalue weighted by atomic mass is 16.5. The molecule has 7 nitrogen and oxygen atoms in total.